The molecule has 1 saturated heterocycles. The van der Waals surface area contributed by atoms with Crippen molar-refractivity contribution in [3.8, 4) is 0 Å². The van der Waals surface area contributed by atoms with Gasteiger partial charge in [0.25, 0.3) is 0 Å². The molecule has 12 heavy (non-hydrogen) atoms. The van der Waals surface area contributed by atoms with Crippen LogP contribution in [0.15, 0.2) is 0 Å². The van der Waals surface area contributed by atoms with E-state index in [1.165, 1.54) is 25.8 Å². The second-order valence-electron chi connectivity index (χ2n) is 5.28. The van der Waals surface area contributed by atoms with Crippen molar-refractivity contribution < 1.29 is 0 Å². The van der Waals surface area contributed by atoms with Gasteiger partial charge in [-0.3, -0.25) is 0 Å². The van der Waals surface area contributed by atoms with Crippen LogP contribution >= 0.6 is 0 Å². The molecule has 72 valence electrons. The van der Waals surface area contributed by atoms with Gasteiger partial charge in [-0.2, -0.15) is 0 Å². The van der Waals surface area contributed by atoms with E-state index in [4.69, 9.17) is 0 Å². The van der Waals surface area contributed by atoms with Crippen molar-refractivity contribution in [2.24, 2.45) is 11.3 Å². The lowest BCUT2D eigenvalue weighted by molar-refractivity contribution is 0.271. The standard InChI is InChI=1S/C11H23N/c1-5-10-9(6-7-12-10)8-11(2,3)4/h9-10,12H,5-8H2,1-4H3. The smallest absolute Gasteiger partial charge is 0.00933 e. The predicted molar refractivity (Wildman–Crippen MR) is 54.3 cm³/mol. The van der Waals surface area contributed by atoms with E-state index in [0.29, 0.717) is 5.41 Å². The van der Waals surface area contributed by atoms with Gasteiger partial charge in [-0.25, -0.2) is 0 Å². The lowest BCUT2D eigenvalue weighted by Gasteiger charge is -2.26. The zero-order valence-electron chi connectivity index (χ0n) is 8.98. The SMILES string of the molecule is CCC1NCCC1CC(C)(C)C. The molecule has 0 aromatic rings. The maximum Gasteiger partial charge on any atom is 0.00933 e. The summed E-state index contributed by atoms with van der Waals surface area (Å²) in [4.78, 5) is 0. The topological polar surface area (TPSA) is 12.0 Å². The fraction of sp³-hybridized carbons (Fsp3) is 1.00. The molecule has 0 saturated carbocycles. The van der Waals surface area contributed by atoms with Gasteiger partial charge in [-0.1, -0.05) is 27.7 Å². The van der Waals surface area contributed by atoms with Gasteiger partial charge in [0.15, 0.2) is 0 Å². The minimum Gasteiger partial charge on any atom is -0.314 e. The Hall–Kier alpha value is -0.0400. The quantitative estimate of drug-likeness (QED) is 0.670. The first kappa shape index (κ1) is 10.0. The number of hydrogen-bond donors (Lipinski definition) is 1. The van der Waals surface area contributed by atoms with Gasteiger partial charge in [0.05, 0.1) is 0 Å². The van der Waals surface area contributed by atoms with E-state index in [1.54, 1.807) is 0 Å². The Labute approximate surface area is 76.9 Å². The van der Waals surface area contributed by atoms with Crippen molar-refractivity contribution >= 4 is 0 Å². The van der Waals surface area contributed by atoms with Crippen LogP contribution in [-0.4, -0.2) is 12.6 Å². The molecule has 1 N–H and O–H groups in total. The molecule has 1 nitrogen and oxygen atoms in total. The molecular formula is C11H23N. The molecule has 0 aromatic heterocycles. The van der Waals surface area contributed by atoms with Crippen LogP contribution < -0.4 is 5.32 Å². The summed E-state index contributed by atoms with van der Waals surface area (Å²) in [6.07, 6.45) is 4.05. The Kier molecular flexibility index (Phi) is 3.16. The molecule has 0 amide bonds. The Morgan fingerprint density at radius 2 is 2.00 bits per heavy atom. The molecular weight excluding hydrogens is 146 g/mol. The predicted octanol–water partition coefficient (Wildman–Crippen LogP) is 2.81. The Morgan fingerprint density at radius 1 is 1.33 bits per heavy atom. The zero-order chi connectivity index (χ0) is 9.19. The Balaban J connectivity index is 2.41. The van der Waals surface area contributed by atoms with Crippen LogP contribution in [-0.2, 0) is 0 Å². The minimum atomic E-state index is 0.504. The minimum absolute atomic E-state index is 0.504. The molecule has 0 bridgehead atoms. The Bertz CT molecular complexity index is 134. The maximum absolute atomic E-state index is 3.58. The van der Waals surface area contributed by atoms with Crippen LogP contribution in [0.1, 0.15) is 47.0 Å². The number of nitrogens with one attached hydrogen (secondary N) is 1. The van der Waals surface area contributed by atoms with Crippen molar-refractivity contribution in [2.45, 2.75) is 53.0 Å². The van der Waals surface area contributed by atoms with Gasteiger partial charge in [-0.15, -0.1) is 0 Å². The molecule has 0 aliphatic carbocycles. The highest BCUT2D eigenvalue weighted by Gasteiger charge is 2.28. The molecule has 1 aliphatic heterocycles. The molecule has 1 aliphatic rings. The average Bonchev–Trinajstić information content (AvgIpc) is 2.31. The molecule has 0 spiro atoms. The van der Waals surface area contributed by atoms with Crippen LogP contribution in [0.4, 0.5) is 0 Å². The van der Waals surface area contributed by atoms with Crippen molar-refractivity contribution in [1.82, 2.24) is 5.32 Å². The molecule has 1 heteroatoms. The summed E-state index contributed by atoms with van der Waals surface area (Å²) >= 11 is 0. The first-order valence-electron chi connectivity index (χ1n) is 5.26. The summed E-state index contributed by atoms with van der Waals surface area (Å²) in [5.41, 5.74) is 0.504. The van der Waals surface area contributed by atoms with Gasteiger partial charge in [0.1, 0.15) is 0 Å². The first-order valence-corrected chi connectivity index (χ1v) is 5.26. The van der Waals surface area contributed by atoms with Crippen LogP contribution in [0, 0.1) is 11.3 Å². The van der Waals surface area contributed by atoms with Crippen molar-refractivity contribution in [1.29, 1.82) is 0 Å². The largest absolute Gasteiger partial charge is 0.314 e. The van der Waals surface area contributed by atoms with E-state index >= 15 is 0 Å². The number of hydrogen-bond acceptors (Lipinski definition) is 1. The molecule has 0 radical (unpaired) electrons. The second-order valence-corrected chi connectivity index (χ2v) is 5.28. The van der Waals surface area contributed by atoms with E-state index < -0.39 is 0 Å². The fourth-order valence-corrected chi connectivity index (χ4v) is 2.33. The van der Waals surface area contributed by atoms with Gasteiger partial charge >= 0.3 is 0 Å². The van der Waals surface area contributed by atoms with E-state index in [1.807, 2.05) is 0 Å². The lowest BCUT2D eigenvalue weighted by Crippen LogP contribution is -2.28. The maximum atomic E-state index is 3.58. The summed E-state index contributed by atoms with van der Waals surface area (Å²) in [6.45, 7) is 10.6. The van der Waals surface area contributed by atoms with Crippen molar-refractivity contribution in [3.63, 3.8) is 0 Å². The molecule has 1 fully saturated rings. The highest BCUT2D eigenvalue weighted by molar-refractivity contribution is 4.85. The zero-order valence-corrected chi connectivity index (χ0v) is 8.98. The molecule has 2 atom stereocenters. The molecule has 1 heterocycles. The summed E-state index contributed by atoms with van der Waals surface area (Å²) in [7, 11) is 0. The highest BCUT2D eigenvalue weighted by atomic mass is 14.9. The normalized spacial score (nSPS) is 31.0. The van der Waals surface area contributed by atoms with Crippen LogP contribution in [0.5, 0.6) is 0 Å². The van der Waals surface area contributed by atoms with Gasteiger partial charge < -0.3 is 5.32 Å². The number of rotatable bonds is 2. The molecule has 2 unspecified atom stereocenters. The average molecular weight is 169 g/mol. The molecule has 0 aromatic carbocycles. The van der Waals surface area contributed by atoms with Crippen LogP contribution in [0.25, 0.3) is 0 Å². The van der Waals surface area contributed by atoms with Crippen LogP contribution in [0.3, 0.4) is 0 Å². The van der Waals surface area contributed by atoms with Gasteiger partial charge in [-0.05, 0) is 37.1 Å². The van der Waals surface area contributed by atoms with E-state index in [9.17, 15) is 0 Å². The van der Waals surface area contributed by atoms with E-state index in [-0.39, 0.29) is 0 Å². The summed E-state index contributed by atoms with van der Waals surface area (Å²) in [5, 5.41) is 3.58. The van der Waals surface area contributed by atoms with Gasteiger partial charge in [0.2, 0.25) is 0 Å². The summed E-state index contributed by atoms with van der Waals surface area (Å²) in [6, 6.07) is 0.796. The van der Waals surface area contributed by atoms with E-state index in [0.717, 1.165) is 12.0 Å². The van der Waals surface area contributed by atoms with Gasteiger partial charge in [0, 0.05) is 6.04 Å². The fourth-order valence-electron chi connectivity index (χ4n) is 2.33. The van der Waals surface area contributed by atoms with Crippen LogP contribution in [0.2, 0.25) is 0 Å². The highest BCUT2D eigenvalue weighted by Crippen LogP contribution is 2.31. The van der Waals surface area contributed by atoms with E-state index in [2.05, 4.69) is 33.0 Å². The lowest BCUT2D eigenvalue weighted by atomic mass is 9.81. The Morgan fingerprint density at radius 3 is 2.50 bits per heavy atom. The first-order chi connectivity index (χ1) is 5.53. The third-order valence-corrected chi connectivity index (χ3v) is 2.81. The third kappa shape index (κ3) is 2.78. The molecule has 1 rings (SSSR count). The summed E-state index contributed by atoms with van der Waals surface area (Å²) in [5.74, 6) is 0.926. The monoisotopic (exact) mass is 169 g/mol. The second kappa shape index (κ2) is 3.78. The summed E-state index contributed by atoms with van der Waals surface area (Å²) < 4.78 is 0. The van der Waals surface area contributed by atoms with Crippen molar-refractivity contribution in [3.05, 3.63) is 0 Å². The van der Waals surface area contributed by atoms with Crippen molar-refractivity contribution in [2.75, 3.05) is 6.54 Å². The third-order valence-electron chi connectivity index (χ3n) is 2.81.